The van der Waals surface area contributed by atoms with Crippen molar-refractivity contribution < 1.29 is 32.6 Å². The number of pyridine rings is 1. The van der Waals surface area contributed by atoms with Crippen molar-refractivity contribution in [2.24, 2.45) is 0 Å². The van der Waals surface area contributed by atoms with E-state index in [0.29, 0.717) is 26.3 Å². The maximum atomic E-state index is 15.4. The SMILES string of the molecule is CCOC(=O)c1cn(-c2cc(N)c(F)cc2COC(C)=O)c2c(Cl)c(NCCN3CCOCC3)c(F)cc2c1=O. The number of halogens is 3. The molecule has 40 heavy (non-hydrogen) atoms. The first-order chi connectivity index (χ1) is 19.1. The molecule has 0 unspecified atom stereocenters. The molecule has 13 heteroatoms. The maximum absolute atomic E-state index is 15.4. The summed E-state index contributed by atoms with van der Waals surface area (Å²) >= 11 is 6.74. The number of benzene rings is 2. The number of aromatic nitrogens is 1. The van der Waals surface area contributed by atoms with Gasteiger partial charge in [0.1, 0.15) is 23.8 Å². The van der Waals surface area contributed by atoms with Crippen LogP contribution in [0.2, 0.25) is 5.02 Å². The Morgan fingerprint density at radius 3 is 2.55 bits per heavy atom. The fourth-order valence-electron chi connectivity index (χ4n) is 4.42. The summed E-state index contributed by atoms with van der Waals surface area (Å²) in [6, 6.07) is 3.30. The van der Waals surface area contributed by atoms with Crippen LogP contribution in [-0.2, 0) is 25.6 Å². The predicted molar refractivity (Wildman–Crippen MR) is 146 cm³/mol. The highest BCUT2D eigenvalue weighted by Crippen LogP contribution is 2.35. The van der Waals surface area contributed by atoms with Crippen LogP contribution in [0, 0.1) is 11.6 Å². The Balaban J connectivity index is 1.91. The number of nitrogen functional groups attached to an aromatic ring is 1. The zero-order chi connectivity index (χ0) is 29.0. The van der Waals surface area contributed by atoms with Crippen molar-refractivity contribution in [3.05, 3.63) is 62.4 Å². The Morgan fingerprint density at radius 1 is 1.15 bits per heavy atom. The van der Waals surface area contributed by atoms with E-state index in [9.17, 15) is 18.8 Å². The minimum Gasteiger partial charge on any atom is -0.462 e. The molecule has 4 rings (SSSR count). The second-order valence-electron chi connectivity index (χ2n) is 9.07. The lowest BCUT2D eigenvalue weighted by atomic mass is 10.1. The molecule has 0 amide bonds. The van der Waals surface area contributed by atoms with Gasteiger partial charge >= 0.3 is 11.9 Å². The van der Waals surface area contributed by atoms with Gasteiger partial charge in [-0.25, -0.2) is 13.6 Å². The molecule has 0 radical (unpaired) electrons. The third-order valence-corrected chi connectivity index (χ3v) is 6.77. The van der Waals surface area contributed by atoms with Gasteiger partial charge in [0.15, 0.2) is 0 Å². The van der Waals surface area contributed by atoms with E-state index in [0.717, 1.165) is 25.2 Å². The van der Waals surface area contributed by atoms with E-state index in [2.05, 4.69) is 10.2 Å². The molecule has 0 saturated carbocycles. The number of carbonyl (C=O) groups is 2. The summed E-state index contributed by atoms with van der Waals surface area (Å²) in [6.07, 6.45) is 1.17. The Labute approximate surface area is 233 Å². The second-order valence-corrected chi connectivity index (χ2v) is 9.45. The smallest absolute Gasteiger partial charge is 0.343 e. The number of ether oxygens (including phenoxy) is 3. The number of hydrogen-bond acceptors (Lipinski definition) is 9. The van der Waals surface area contributed by atoms with Crippen molar-refractivity contribution in [2.45, 2.75) is 20.5 Å². The summed E-state index contributed by atoms with van der Waals surface area (Å²) < 4.78 is 46.7. The van der Waals surface area contributed by atoms with E-state index in [4.69, 9.17) is 31.5 Å². The van der Waals surface area contributed by atoms with E-state index in [1.165, 1.54) is 23.8 Å². The zero-order valence-corrected chi connectivity index (χ0v) is 22.8. The van der Waals surface area contributed by atoms with E-state index in [-0.39, 0.29) is 51.8 Å². The van der Waals surface area contributed by atoms with E-state index in [1.54, 1.807) is 6.92 Å². The highest BCUT2D eigenvalue weighted by atomic mass is 35.5. The zero-order valence-electron chi connectivity index (χ0n) is 22.0. The van der Waals surface area contributed by atoms with Gasteiger partial charge < -0.3 is 29.8 Å². The van der Waals surface area contributed by atoms with Crippen molar-refractivity contribution in [2.75, 3.05) is 57.1 Å². The summed E-state index contributed by atoms with van der Waals surface area (Å²) in [5, 5.41) is 2.64. The van der Waals surface area contributed by atoms with E-state index >= 15 is 4.39 Å². The number of carbonyl (C=O) groups excluding carboxylic acids is 2. The number of anilines is 2. The largest absolute Gasteiger partial charge is 0.462 e. The molecule has 2 heterocycles. The number of nitrogens with one attached hydrogen (secondary N) is 1. The molecule has 2 aromatic carbocycles. The quantitative estimate of drug-likeness (QED) is 0.290. The number of fused-ring (bicyclic) bond motifs is 1. The van der Waals surface area contributed by atoms with Crippen molar-refractivity contribution >= 4 is 45.8 Å². The van der Waals surface area contributed by atoms with Gasteiger partial charge in [0, 0.05) is 44.9 Å². The second kappa shape index (κ2) is 12.6. The first-order valence-electron chi connectivity index (χ1n) is 12.6. The van der Waals surface area contributed by atoms with Gasteiger partial charge in [0.05, 0.1) is 52.8 Å². The van der Waals surface area contributed by atoms with Gasteiger partial charge in [0.2, 0.25) is 5.43 Å². The summed E-state index contributed by atoms with van der Waals surface area (Å²) in [5.41, 5.74) is 4.68. The lowest BCUT2D eigenvalue weighted by Crippen LogP contribution is -2.39. The van der Waals surface area contributed by atoms with Crippen LogP contribution in [-0.4, -0.2) is 67.4 Å². The van der Waals surface area contributed by atoms with Crippen molar-refractivity contribution in [3.63, 3.8) is 0 Å². The molecule has 1 aliphatic heterocycles. The molecular weight excluding hydrogens is 550 g/mol. The lowest BCUT2D eigenvalue weighted by Gasteiger charge is -2.27. The highest BCUT2D eigenvalue weighted by Gasteiger charge is 2.24. The van der Waals surface area contributed by atoms with Gasteiger partial charge in [-0.05, 0) is 25.1 Å². The Kier molecular flexibility index (Phi) is 9.23. The Morgan fingerprint density at radius 2 is 1.88 bits per heavy atom. The van der Waals surface area contributed by atoms with Gasteiger partial charge in [-0.15, -0.1) is 0 Å². The molecule has 0 bridgehead atoms. The summed E-state index contributed by atoms with van der Waals surface area (Å²) in [5.74, 6) is -3.14. The third kappa shape index (κ3) is 6.19. The first kappa shape index (κ1) is 29.2. The number of morpholine rings is 1. The van der Waals surface area contributed by atoms with Crippen molar-refractivity contribution in [3.8, 4) is 5.69 Å². The number of rotatable bonds is 9. The third-order valence-electron chi connectivity index (χ3n) is 6.40. The lowest BCUT2D eigenvalue weighted by molar-refractivity contribution is -0.142. The van der Waals surface area contributed by atoms with Gasteiger partial charge in [-0.1, -0.05) is 11.6 Å². The molecule has 0 spiro atoms. The predicted octanol–water partition coefficient (Wildman–Crippen LogP) is 3.49. The van der Waals surface area contributed by atoms with Crippen LogP contribution in [0.3, 0.4) is 0 Å². The normalized spacial score (nSPS) is 13.8. The van der Waals surface area contributed by atoms with Crippen molar-refractivity contribution in [1.82, 2.24) is 9.47 Å². The average molecular weight is 579 g/mol. The number of hydrogen-bond donors (Lipinski definition) is 2. The van der Waals surface area contributed by atoms with Crippen LogP contribution in [0.1, 0.15) is 29.8 Å². The van der Waals surface area contributed by atoms with Gasteiger partial charge in [-0.2, -0.15) is 0 Å². The average Bonchev–Trinajstić information content (AvgIpc) is 2.92. The number of nitrogens with zero attached hydrogens (tertiary/aromatic N) is 2. The maximum Gasteiger partial charge on any atom is 0.343 e. The molecule has 3 N–H and O–H groups in total. The summed E-state index contributed by atoms with van der Waals surface area (Å²) in [6.45, 7) is 6.02. The fraction of sp³-hybridized carbons (Fsp3) is 0.370. The molecule has 0 aliphatic carbocycles. The van der Waals surface area contributed by atoms with E-state index < -0.39 is 34.6 Å². The monoisotopic (exact) mass is 578 g/mol. The molecule has 1 fully saturated rings. The summed E-state index contributed by atoms with van der Waals surface area (Å²) in [7, 11) is 0. The van der Waals surface area contributed by atoms with Crippen LogP contribution in [0.25, 0.3) is 16.6 Å². The van der Waals surface area contributed by atoms with E-state index in [1.807, 2.05) is 0 Å². The molecule has 1 aromatic heterocycles. The molecule has 10 nitrogen and oxygen atoms in total. The van der Waals surface area contributed by atoms with Crippen LogP contribution in [0.5, 0.6) is 0 Å². The van der Waals surface area contributed by atoms with Gasteiger partial charge in [0.25, 0.3) is 0 Å². The molecule has 1 saturated heterocycles. The molecular formula is C27H29ClF2N4O6. The minimum absolute atomic E-state index is 0.0153. The molecule has 0 atom stereocenters. The Bertz CT molecular complexity index is 1510. The molecule has 1 aliphatic rings. The number of esters is 2. The van der Waals surface area contributed by atoms with Crippen LogP contribution >= 0.6 is 11.6 Å². The minimum atomic E-state index is -0.941. The molecule has 214 valence electrons. The van der Waals surface area contributed by atoms with Crippen LogP contribution < -0.4 is 16.5 Å². The first-order valence-corrected chi connectivity index (χ1v) is 13.0. The molecule has 3 aromatic rings. The highest BCUT2D eigenvalue weighted by molar-refractivity contribution is 6.38. The summed E-state index contributed by atoms with van der Waals surface area (Å²) in [4.78, 5) is 39.7. The topological polar surface area (TPSA) is 125 Å². The number of nitrogens with two attached hydrogens (primary N) is 1. The van der Waals surface area contributed by atoms with Crippen molar-refractivity contribution in [1.29, 1.82) is 0 Å². The standard InChI is InChI=1S/C27H29ClF2N4O6/c1-3-39-27(37)18-13-34(22-12-21(31)19(29)10-16(22)14-40-15(2)35)25-17(26(18)36)11-20(30)24(23(25)28)32-4-5-33-6-8-38-9-7-33/h10-13,32H,3-9,14,31H2,1-2H3. The Hall–Kier alpha value is -3.74. The fourth-order valence-corrected chi connectivity index (χ4v) is 4.77. The van der Waals surface area contributed by atoms with Crippen LogP contribution in [0.15, 0.2) is 29.2 Å². The van der Waals surface area contributed by atoms with Crippen LogP contribution in [0.4, 0.5) is 20.2 Å². The van der Waals surface area contributed by atoms with Gasteiger partial charge in [-0.3, -0.25) is 14.5 Å².